The number of aliphatic hydroxyl groups is 1. The Morgan fingerprint density at radius 3 is 2.31 bits per heavy atom. The summed E-state index contributed by atoms with van der Waals surface area (Å²) in [4.78, 5) is 24.9. The molecule has 0 aliphatic carbocycles. The fourth-order valence-corrected chi connectivity index (χ4v) is 4.22. The number of carbonyl (C=O) groups excluding carboxylic acids is 2. The van der Waals surface area contributed by atoms with E-state index in [1.54, 1.807) is 48.5 Å². The molecule has 0 unspecified atom stereocenters. The standard InChI is InChI=1S/C26H34O8Si/c1-30-20-12-10-19(11-13-20)24(28)32-17-21(27)22-16-23(26(34-22)31-14-15-35(2,3)4)33-25(29)18-8-6-5-7-9-18/h5-13,21-23,26-27H,14-17H2,1-4H3/t21-,22+,23-,26+/m1/s1. The Hall–Kier alpha value is -2.72. The van der Waals surface area contributed by atoms with Crippen molar-refractivity contribution in [1.82, 2.24) is 0 Å². The lowest BCUT2D eigenvalue weighted by molar-refractivity contribution is -0.178. The van der Waals surface area contributed by atoms with Crippen LogP contribution in [0.15, 0.2) is 54.6 Å². The van der Waals surface area contributed by atoms with Crippen LogP contribution in [0.4, 0.5) is 0 Å². The number of methoxy groups -OCH3 is 1. The summed E-state index contributed by atoms with van der Waals surface area (Å²) in [7, 11) is 0.198. The zero-order valence-corrected chi connectivity index (χ0v) is 21.6. The maximum Gasteiger partial charge on any atom is 0.338 e. The summed E-state index contributed by atoms with van der Waals surface area (Å²) in [5, 5.41) is 10.7. The first-order valence-corrected chi connectivity index (χ1v) is 15.4. The van der Waals surface area contributed by atoms with E-state index in [4.69, 9.17) is 23.7 Å². The van der Waals surface area contributed by atoms with Gasteiger partial charge in [-0.05, 0) is 42.4 Å². The summed E-state index contributed by atoms with van der Waals surface area (Å²) in [6, 6.07) is 16.1. The second-order valence-corrected chi connectivity index (χ2v) is 15.3. The van der Waals surface area contributed by atoms with Gasteiger partial charge in [0.25, 0.3) is 0 Å². The first-order chi connectivity index (χ1) is 16.7. The number of benzene rings is 2. The van der Waals surface area contributed by atoms with Gasteiger partial charge in [-0.3, -0.25) is 0 Å². The monoisotopic (exact) mass is 502 g/mol. The molecule has 35 heavy (non-hydrogen) atoms. The highest BCUT2D eigenvalue weighted by atomic mass is 28.3. The zero-order valence-electron chi connectivity index (χ0n) is 20.6. The molecule has 0 spiro atoms. The second kappa shape index (κ2) is 12.3. The molecule has 0 aromatic heterocycles. The van der Waals surface area contributed by atoms with Crippen LogP contribution in [-0.2, 0) is 18.9 Å². The molecule has 4 atom stereocenters. The van der Waals surface area contributed by atoms with Crippen LogP contribution in [-0.4, -0.2) is 70.0 Å². The van der Waals surface area contributed by atoms with Crippen LogP contribution in [0.1, 0.15) is 27.1 Å². The summed E-state index contributed by atoms with van der Waals surface area (Å²) in [5.41, 5.74) is 0.762. The van der Waals surface area contributed by atoms with Crippen molar-refractivity contribution in [3.63, 3.8) is 0 Å². The van der Waals surface area contributed by atoms with E-state index >= 15 is 0 Å². The average molecular weight is 503 g/mol. The predicted octanol–water partition coefficient (Wildman–Crippen LogP) is 3.91. The van der Waals surface area contributed by atoms with Gasteiger partial charge < -0.3 is 28.8 Å². The molecule has 2 aromatic rings. The molecule has 8 nitrogen and oxygen atoms in total. The van der Waals surface area contributed by atoms with Crippen molar-refractivity contribution >= 4 is 20.0 Å². The van der Waals surface area contributed by atoms with Crippen molar-refractivity contribution in [2.45, 2.75) is 56.7 Å². The van der Waals surface area contributed by atoms with Gasteiger partial charge in [0, 0.05) is 21.1 Å². The van der Waals surface area contributed by atoms with E-state index in [0.29, 0.717) is 23.5 Å². The highest BCUT2D eigenvalue weighted by Crippen LogP contribution is 2.28. The molecule has 0 amide bonds. The van der Waals surface area contributed by atoms with Gasteiger partial charge in [-0.1, -0.05) is 37.8 Å². The lowest BCUT2D eigenvalue weighted by Gasteiger charge is -2.22. The fraction of sp³-hybridized carbons (Fsp3) is 0.462. The van der Waals surface area contributed by atoms with Crippen molar-refractivity contribution in [3.05, 3.63) is 65.7 Å². The van der Waals surface area contributed by atoms with E-state index < -0.39 is 44.6 Å². The molecule has 1 aliphatic rings. The van der Waals surface area contributed by atoms with Gasteiger partial charge in [-0.2, -0.15) is 0 Å². The smallest absolute Gasteiger partial charge is 0.338 e. The summed E-state index contributed by atoms with van der Waals surface area (Å²) >= 11 is 0. The third-order valence-electron chi connectivity index (χ3n) is 5.62. The van der Waals surface area contributed by atoms with E-state index in [-0.39, 0.29) is 13.0 Å². The van der Waals surface area contributed by atoms with E-state index in [1.165, 1.54) is 7.11 Å². The second-order valence-electron chi connectivity index (χ2n) is 9.66. The molecule has 0 saturated carbocycles. The number of aliphatic hydroxyl groups excluding tert-OH is 1. The molecule has 1 aliphatic heterocycles. The molecule has 9 heteroatoms. The number of hydrogen-bond acceptors (Lipinski definition) is 8. The van der Waals surface area contributed by atoms with Gasteiger partial charge in [0.2, 0.25) is 0 Å². The Balaban J connectivity index is 1.59. The highest BCUT2D eigenvalue weighted by molar-refractivity contribution is 6.76. The Kier molecular flexibility index (Phi) is 9.45. The van der Waals surface area contributed by atoms with Crippen LogP contribution >= 0.6 is 0 Å². The third kappa shape index (κ3) is 8.17. The summed E-state index contributed by atoms with van der Waals surface area (Å²) in [5.74, 6) is -0.434. The molecule has 1 saturated heterocycles. The average Bonchev–Trinajstić information content (AvgIpc) is 3.24. The normalized spacial score (nSPS) is 20.8. The van der Waals surface area contributed by atoms with Crippen LogP contribution in [0.25, 0.3) is 0 Å². The third-order valence-corrected chi connectivity index (χ3v) is 7.32. The predicted molar refractivity (Wildman–Crippen MR) is 132 cm³/mol. The number of ether oxygens (including phenoxy) is 5. The molecule has 190 valence electrons. The Morgan fingerprint density at radius 2 is 1.69 bits per heavy atom. The van der Waals surface area contributed by atoms with E-state index in [2.05, 4.69) is 19.6 Å². The largest absolute Gasteiger partial charge is 0.497 e. The molecule has 1 N–H and O–H groups in total. The molecule has 0 radical (unpaired) electrons. The van der Waals surface area contributed by atoms with Gasteiger partial charge in [0.1, 0.15) is 18.5 Å². The number of esters is 2. The number of hydrogen-bond donors (Lipinski definition) is 1. The first-order valence-electron chi connectivity index (χ1n) is 11.7. The zero-order chi connectivity index (χ0) is 25.4. The fourth-order valence-electron chi connectivity index (χ4n) is 3.49. The van der Waals surface area contributed by atoms with Gasteiger partial charge >= 0.3 is 11.9 Å². The molecule has 0 bridgehead atoms. The lowest BCUT2D eigenvalue weighted by Crippen LogP contribution is -2.33. The molecule has 1 heterocycles. The number of rotatable bonds is 11. The summed E-state index contributed by atoms with van der Waals surface area (Å²) in [6.45, 7) is 6.92. The van der Waals surface area contributed by atoms with Gasteiger partial charge in [-0.25, -0.2) is 9.59 Å². The Bertz CT molecular complexity index is 958. The van der Waals surface area contributed by atoms with Crippen LogP contribution in [0.5, 0.6) is 5.75 Å². The van der Waals surface area contributed by atoms with Crippen molar-refractivity contribution in [1.29, 1.82) is 0 Å². The van der Waals surface area contributed by atoms with Crippen molar-refractivity contribution < 1.29 is 38.4 Å². The summed E-state index contributed by atoms with van der Waals surface area (Å²) < 4.78 is 27.9. The highest BCUT2D eigenvalue weighted by Gasteiger charge is 2.42. The SMILES string of the molecule is COc1ccc(C(=O)OC[C@@H](O)[C@@H]2C[C@@H](OC(=O)c3ccccc3)[C@@H](OCC[Si](C)(C)C)O2)cc1. The van der Waals surface area contributed by atoms with Crippen LogP contribution in [0.2, 0.25) is 25.7 Å². The molecular formula is C26H34O8Si. The molecule has 1 fully saturated rings. The van der Waals surface area contributed by atoms with Crippen molar-refractivity contribution in [3.8, 4) is 5.75 Å². The van der Waals surface area contributed by atoms with Crippen molar-refractivity contribution in [2.75, 3.05) is 20.3 Å². The molecular weight excluding hydrogens is 468 g/mol. The van der Waals surface area contributed by atoms with Crippen LogP contribution < -0.4 is 4.74 Å². The van der Waals surface area contributed by atoms with Gasteiger partial charge in [0.05, 0.1) is 24.3 Å². The minimum Gasteiger partial charge on any atom is -0.497 e. The molecule has 3 rings (SSSR count). The maximum absolute atomic E-state index is 12.6. The Labute approximate surface area is 207 Å². The number of carbonyl (C=O) groups is 2. The lowest BCUT2D eigenvalue weighted by atomic mass is 10.1. The topological polar surface area (TPSA) is 101 Å². The first kappa shape index (κ1) is 26.9. The van der Waals surface area contributed by atoms with E-state index in [9.17, 15) is 14.7 Å². The maximum atomic E-state index is 12.6. The minimum absolute atomic E-state index is 0.220. The quantitative estimate of drug-likeness (QED) is 0.365. The van der Waals surface area contributed by atoms with E-state index in [1.807, 2.05) is 6.07 Å². The molecule has 2 aromatic carbocycles. The van der Waals surface area contributed by atoms with Crippen LogP contribution in [0.3, 0.4) is 0 Å². The Morgan fingerprint density at radius 1 is 1.03 bits per heavy atom. The van der Waals surface area contributed by atoms with Gasteiger partial charge in [0.15, 0.2) is 12.4 Å². The van der Waals surface area contributed by atoms with Crippen LogP contribution in [0, 0.1) is 0 Å². The van der Waals surface area contributed by atoms with Crippen molar-refractivity contribution in [2.24, 2.45) is 0 Å². The summed E-state index contributed by atoms with van der Waals surface area (Å²) in [6.07, 6.45) is -3.11. The van der Waals surface area contributed by atoms with E-state index in [0.717, 1.165) is 6.04 Å². The van der Waals surface area contributed by atoms with Gasteiger partial charge in [-0.15, -0.1) is 0 Å². The minimum atomic E-state index is -1.34.